The van der Waals surface area contributed by atoms with Gasteiger partial charge in [0.1, 0.15) is 0 Å². The maximum absolute atomic E-state index is 5.86. The van der Waals surface area contributed by atoms with Crippen molar-refractivity contribution in [3.05, 3.63) is 0 Å². The second kappa shape index (κ2) is 6.58. The molecule has 16 heavy (non-hydrogen) atoms. The lowest BCUT2D eigenvalue weighted by Gasteiger charge is -2.41. The molecule has 0 aromatic rings. The Labute approximate surface area is 99.5 Å². The number of rotatable bonds is 6. The summed E-state index contributed by atoms with van der Waals surface area (Å²) in [6.45, 7) is 10.6. The highest BCUT2D eigenvalue weighted by Crippen LogP contribution is 2.34. The third-order valence-electron chi connectivity index (χ3n) is 3.14. The van der Waals surface area contributed by atoms with E-state index in [9.17, 15) is 0 Å². The molecule has 3 heteroatoms. The molecule has 1 fully saturated rings. The average molecular weight is 230 g/mol. The van der Waals surface area contributed by atoms with Gasteiger partial charge in [-0.1, -0.05) is 0 Å². The van der Waals surface area contributed by atoms with Crippen molar-refractivity contribution in [3.8, 4) is 0 Å². The third kappa shape index (κ3) is 4.04. The second-order valence-electron chi connectivity index (χ2n) is 4.68. The highest BCUT2D eigenvalue weighted by atomic mass is 16.5. The molecule has 0 heterocycles. The van der Waals surface area contributed by atoms with Gasteiger partial charge in [0.25, 0.3) is 0 Å². The van der Waals surface area contributed by atoms with Crippen molar-refractivity contribution < 1.29 is 14.2 Å². The molecule has 0 spiro atoms. The van der Waals surface area contributed by atoms with Gasteiger partial charge in [0, 0.05) is 32.7 Å². The van der Waals surface area contributed by atoms with Crippen LogP contribution in [-0.2, 0) is 14.2 Å². The molecular formula is C13H26O3. The van der Waals surface area contributed by atoms with E-state index >= 15 is 0 Å². The molecule has 0 amide bonds. The van der Waals surface area contributed by atoms with Gasteiger partial charge >= 0.3 is 0 Å². The maximum atomic E-state index is 5.86. The van der Waals surface area contributed by atoms with Crippen LogP contribution in [0.5, 0.6) is 0 Å². The quantitative estimate of drug-likeness (QED) is 0.702. The molecule has 1 saturated carbocycles. The molecule has 0 N–H and O–H groups in total. The van der Waals surface area contributed by atoms with Crippen molar-refractivity contribution in [2.75, 3.05) is 19.8 Å². The van der Waals surface area contributed by atoms with Gasteiger partial charge in [-0.25, -0.2) is 0 Å². The fourth-order valence-electron chi connectivity index (χ4n) is 2.70. The molecule has 1 rings (SSSR count). The number of hydrogen-bond donors (Lipinski definition) is 0. The van der Waals surface area contributed by atoms with Crippen molar-refractivity contribution in [1.82, 2.24) is 0 Å². The summed E-state index contributed by atoms with van der Waals surface area (Å²) in [5.41, 5.74) is -0.0767. The van der Waals surface area contributed by atoms with E-state index < -0.39 is 0 Å². The summed E-state index contributed by atoms with van der Waals surface area (Å²) in [6, 6.07) is 0. The van der Waals surface area contributed by atoms with Crippen LogP contribution in [0.1, 0.15) is 47.0 Å². The van der Waals surface area contributed by atoms with Gasteiger partial charge in [0.2, 0.25) is 0 Å². The van der Waals surface area contributed by atoms with Crippen molar-refractivity contribution in [2.45, 2.75) is 64.8 Å². The minimum Gasteiger partial charge on any atom is -0.378 e. The van der Waals surface area contributed by atoms with E-state index in [1.165, 1.54) is 0 Å². The van der Waals surface area contributed by atoms with Crippen molar-refractivity contribution in [1.29, 1.82) is 0 Å². The Morgan fingerprint density at radius 3 is 1.81 bits per heavy atom. The van der Waals surface area contributed by atoms with Crippen LogP contribution in [0.3, 0.4) is 0 Å². The summed E-state index contributed by atoms with van der Waals surface area (Å²) in [4.78, 5) is 0. The molecular weight excluding hydrogens is 204 g/mol. The lowest BCUT2D eigenvalue weighted by atomic mass is 9.82. The second-order valence-corrected chi connectivity index (χ2v) is 4.68. The molecule has 2 atom stereocenters. The Morgan fingerprint density at radius 1 is 0.938 bits per heavy atom. The highest BCUT2D eigenvalue weighted by molar-refractivity contribution is 4.90. The Hall–Kier alpha value is -0.120. The Kier molecular flexibility index (Phi) is 5.73. The molecule has 96 valence electrons. The largest absolute Gasteiger partial charge is 0.378 e. The monoisotopic (exact) mass is 230 g/mol. The minimum atomic E-state index is -0.0767. The molecule has 3 nitrogen and oxygen atoms in total. The Morgan fingerprint density at radius 2 is 1.44 bits per heavy atom. The summed E-state index contributed by atoms with van der Waals surface area (Å²) in [5, 5.41) is 0. The molecule has 0 aromatic heterocycles. The standard InChI is InChI=1S/C13H26O3/c1-5-14-11-8-12(15-6-2)10-13(4,9-11)16-7-3/h11-12H,5-10H2,1-4H3. The lowest BCUT2D eigenvalue weighted by molar-refractivity contribution is -0.141. The molecule has 1 aliphatic rings. The lowest BCUT2D eigenvalue weighted by Crippen LogP contribution is -2.45. The van der Waals surface area contributed by atoms with Crippen LogP contribution >= 0.6 is 0 Å². The van der Waals surface area contributed by atoms with E-state index in [0.29, 0.717) is 0 Å². The minimum absolute atomic E-state index is 0.0767. The van der Waals surface area contributed by atoms with E-state index in [1.807, 2.05) is 20.8 Å². The molecule has 0 radical (unpaired) electrons. The van der Waals surface area contributed by atoms with Crippen molar-refractivity contribution in [2.24, 2.45) is 0 Å². The summed E-state index contributed by atoms with van der Waals surface area (Å²) >= 11 is 0. The molecule has 0 aliphatic heterocycles. The van der Waals surface area contributed by atoms with E-state index in [1.54, 1.807) is 0 Å². The fourth-order valence-corrected chi connectivity index (χ4v) is 2.70. The van der Waals surface area contributed by atoms with Crippen LogP contribution in [0.4, 0.5) is 0 Å². The van der Waals surface area contributed by atoms with Crippen LogP contribution < -0.4 is 0 Å². The first kappa shape index (κ1) is 13.9. The first-order chi connectivity index (χ1) is 7.63. The Balaban J connectivity index is 2.58. The van der Waals surface area contributed by atoms with Gasteiger partial charge in [-0.15, -0.1) is 0 Å². The molecule has 0 bridgehead atoms. The molecule has 2 unspecified atom stereocenters. The van der Waals surface area contributed by atoms with E-state index in [0.717, 1.165) is 39.1 Å². The average Bonchev–Trinajstić information content (AvgIpc) is 2.17. The zero-order chi connectivity index (χ0) is 12.0. The number of hydrogen-bond acceptors (Lipinski definition) is 3. The predicted octanol–water partition coefficient (Wildman–Crippen LogP) is 2.78. The third-order valence-corrected chi connectivity index (χ3v) is 3.14. The maximum Gasteiger partial charge on any atom is 0.0703 e. The van der Waals surface area contributed by atoms with Gasteiger partial charge in [-0.2, -0.15) is 0 Å². The van der Waals surface area contributed by atoms with Crippen LogP contribution in [0.2, 0.25) is 0 Å². The topological polar surface area (TPSA) is 27.7 Å². The van der Waals surface area contributed by atoms with Gasteiger partial charge in [-0.3, -0.25) is 0 Å². The van der Waals surface area contributed by atoms with Gasteiger partial charge in [-0.05, 0) is 34.1 Å². The molecule has 1 aliphatic carbocycles. The first-order valence-electron chi connectivity index (χ1n) is 6.50. The van der Waals surface area contributed by atoms with Gasteiger partial charge in [0.05, 0.1) is 17.8 Å². The van der Waals surface area contributed by atoms with Crippen LogP contribution in [0.15, 0.2) is 0 Å². The normalized spacial score (nSPS) is 35.2. The van der Waals surface area contributed by atoms with E-state index in [4.69, 9.17) is 14.2 Å². The summed E-state index contributed by atoms with van der Waals surface area (Å²) in [5.74, 6) is 0. The van der Waals surface area contributed by atoms with Gasteiger partial charge < -0.3 is 14.2 Å². The summed E-state index contributed by atoms with van der Waals surface area (Å²) < 4.78 is 17.3. The van der Waals surface area contributed by atoms with Crippen molar-refractivity contribution in [3.63, 3.8) is 0 Å². The fraction of sp³-hybridized carbons (Fsp3) is 1.00. The Bertz CT molecular complexity index is 180. The van der Waals surface area contributed by atoms with Crippen LogP contribution in [0, 0.1) is 0 Å². The molecule has 0 aromatic carbocycles. The van der Waals surface area contributed by atoms with Crippen LogP contribution in [-0.4, -0.2) is 37.6 Å². The van der Waals surface area contributed by atoms with Crippen molar-refractivity contribution >= 4 is 0 Å². The zero-order valence-electron chi connectivity index (χ0n) is 11.1. The molecule has 0 saturated heterocycles. The first-order valence-corrected chi connectivity index (χ1v) is 6.50. The zero-order valence-corrected chi connectivity index (χ0v) is 11.1. The highest BCUT2D eigenvalue weighted by Gasteiger charge is 2.38. The van der Waals surface area contributed by atoms with Gasteiger partial charge in [0.15, 0.2) is 0 Å². The van der Waals surface area contributed by atoms with Crippen LogP contribution in [0.25, 0.3) is 0 Å². The summed E-state index contributed by atoms with van der Waals surface area (Å²) in [7, 11) is 0. The predicted molar refractivity (Wildman–Crippen MR) is 64.7 cm³/mol. The smallest absolute Gasteiger partial charge is 0.0703 e. The van der Waals surface area contributed by atoms with E-state index in [-0.39, 0.29) is 17.8 Å². The summed E-state index contributed by atoms with van der Waals surface area (Å²) in [6.07, 6.45) is 3.54. The van der Waals surface area contributed by atoms with E-state index in [2.05, 4.69) is 6.92 Å². The SMILES string of the molecule is CCOC1CC(OCC)CC(C)(OCC)C1. The number of ether oxygens (including phenoxy) is 3.